The van der Waals surface area contributed by atoms with Crippen molar-refractivity contribution in [2.24, 2.45) is 5.92 Å². The Morgan fingerprint density at radius 1 is 1.52 bits per heavy atom. The molecule has 1 atom stereocenters. The fraction of sp³-hybridized carbons (Fsp3) is 0.600. The van der Waals surface area contributed by atoms with Crippen LogP contribution in [-0.4, -0.2) is 31.1 Å². The normalized spacial score (nSPS) is 18.5. The van der Waals surface area contributed by atoms with Crippen LogP contribution in [0.5, 0.6) is 0 Å². The minimum absolute atomic E-state index is 0.221. The Labute approximate surface area is 139 Å². The summed E-state index contributed by atoms with van der Waals surface area (Å²) in [5.74, 6) is 0.573. The molecular formula is C15H22IN3O2. The van der Waals surface area contributed by atoms with Gasteiger partial charge in [-0.2, -0.15) is 0 Å². The third-order valence-electron chi connectivity index (χ3n) is 3.85. The Morgan fingerprint density at radius 2 is 2.33 bits per heavy atom. The van der Waals surface area contributed by atoms with Crippen LogP contribution in [0.3, 0.4) is 0 Å². The first-order chi connectivity index (χ1) is 10.1. The van der Waals surface area contributed by atoms with E-state index in [-0.39, 0.29) is 10.6 Å². The first kappa shape index (κ1) is 16.5. The zero-order valence-corrected chi connectivity index (χ0v) is 14.5. The summed E-state index contributed by atoms with van der Waals surface area (Å²) in [4.78, 5) is 13.3. The molecule has 0 bridgehead atoms. The molecule has 5 nitrogen and oxygen atoms in total. The van der Waals surface area contributed by atoms with Crippen LogP contribution in [0.4, 0.5) is 11.4 Å². The number of piperidine rings is 1. The van der Waals surface area contributed by atoms with Gasteiger partial charge in [-0.3, -0.25) is 10.1 Å². The molecule has 1 heterocycles. The van der Waals surface area contributed by atoms with E-state index in [4.69, 9.17) is 0 Å². The van der Waals surface area contributed by atoms with Gasteiger partial charge in [0.15, 0.2) is 0 Å². The second kappa shape index (κ2) is 7.93. The lowest BCUT2D eigenvalue weighted by atomic mass is 9.98. The second-order valence-corrected chi connectivity index (χ2v) is 6.79. The van der Waals surface area contributed by atoms with Gasteiger partial charge in [0.05, 0.1) is 4.92 Å². The van der Waals surface area contributed by atoms with Gasteiger partial charge in [0.1, 0.15) is 5.69 Å². The zero-order chi connectivity index (χ0) is 15.2. The number of hydrogen-bond donors (Lipinski definition) is 1. The Morgan fingerprint density at radius 3 is 2.95 bits per heavy atom. The average molecular weight is 403 g/mol. The minimum Gasteiger partial charge on any atom is -0.366 e. The fourth-order valence-corrected chi connectivity index (χ4v) is 3.36. The van der Waals surface area contributed by atoms with Gasteiger partial charge < -0.3 is 10.2 Å². The van der Waals surface area contributed by atoms with E-state index in [9.17, 15) is 10.1 Å². The van der Waals surface area contributed by atoms with Gasteiger partial charge in [-0.25, -0.2) is 0 Å². The molecule has 0 saturated carbocycles. The lowest BCUT2D eigenvalue weighted by molar-refractivity contribution is -0.384. The number of halogens is 1. The quantitative estimate of drug-likeness (QED) is 0.449. The topological polar surface area (TPSA) is 58.4 Å². The number of nitrogens with zero attached hydrogens (tertiary/aromatic N) is 2. The Bertz CT molecular complexity index is 490. The number of hydrogen-bond acceptors (Lipinski definition) is 4. The number of nitrogens with one attached hydrogen (secondary N) is 1. The van der Waals surface area contributed by atoms with Crippen molar-refractivity contribution in [3.8, 4) is 0 Å². The number of anilines is 1. The van der Waals surface area contributed by atoms with Gasteiger partial charge in [-0.15, -0.1) is 0 Å². The molecule has 0 amide bonds. The molecule has 1 fully saturated rings. The number of benzene rings is 1. The maximum atomic E-state index is 11.3. The predicted octanol–water partition coefficient (Wildman–Crippen LogP) is 3.42. The first-order valence-electron chi connectivity index (χ1n) is 7.51. The maximum absolute atomic E-state index is 11.3. The smallest absolute Gasteiger partial charge is 0.293 e. The molecule has 0 radical (unpaired) electrons. The van der Waals surface area contributed by atoms with Gasteiger partial charge in [-0.1, -0.05) is 6.92 Å². The van der Waals surface area contributed by atoms with Crippen molar-refractivity contribution in [2.45, 2.75) is 26.2 Å². The van der Waals surface area contributed by atoms with Crippen molar-refractivity contribution in [1.82, 2.24) is 5.32 Å². The van der Waals surface area contributed by atoms with E-state index in [2.05, 4.69) is 39.7 Å². The number of nitro groups is 1. The van der Waals surface area contributed by atoms with Gasteiger partial charge in [0, 0.05) is 22.7 Å². The summed E-state index contributed by atoms with van der Waals surface area (Å²) in [6.07, 6.45) is 3.38. The van der Waals surface area contributed by atoms with Crippen molar-refractivity contribution in [3.63, 3.8) is 0 Å². The molecule has 1 N–H and O–H groups in total. The standard InChI is InChI=1S/C15H22IN3O2/c1-2-8-18(11-12-4-3-7-17-10-12)14-6-5-13(16)9-15(14)19(20)21/h5-6,9,12,17H,2-4,7-8,10-11H2,1H3. The predicted molar refractivity (Wildman–Crippen MR) is 93.9 cm³/mol. The van der Waals surface area contributed by atoms with E-state index in [1.54, 1.807) is 6.07 Å². The van der Waals surface area contributed by atoms with Crippen LogP contribution in [0, 0.1) is 19.6 Å². The number of rotatable bonds is 6. The molecule has 1 aromatic rings. The molecule has 0 aromatic heterocycles. The average Bonchev–Trinajstić information content (AvgIpc) is 2.48. The molecule has 6 heteroatoms. The molecule has 116 valence electrons. The van der Waals surface area contributed by atoms with E-state index in [0.717, 1.165) is 41.9 Å². The van der Waals surface area contributed by atoms with Crippen molar-refractivity contribution in [1.29, 1.82) is 0 Å². The van der Waals surface area contributed by atoms with Crippen molar-refractivity contribution in [2.75, 3.05) is 31.1 Å². The summed E-state index contributed by atoms with van der Waals surface area (Å²) >= 11 is 2.12. The van der Waals surface area contributed by atoms with Crippen LogP contribution in [0.15, 0.2) is 18.2 Å². The van der Waals surface area contributed by atoms with E-state index < -0.39 is 0 Å². The van der Waals surface area contributed by atoms with Crippen LogP contribution in [0.1, 0.15) is 26.2 Å². The highest BCUT2D eigenvalue weighted by atomic mass is 127. The molecule has 2 rings (SSSR count). The summed E-state index contributed by atoms with van der Waals surface area (Å²) in [5.41, 5.74) is 0.979. The molecule has 0 spiro atoms. The maximum Gasteiger partial charge on any atom is 0.293 e. The summed E-state index contributed by atoms with van der Waals surface area (Å²) < 4.78 is 0.902. The van der Waals surface area contributed by atoms with E-state index >= 15 is 0 Å². The van der Waals surface area contributed by atoms with Crippen molar-refractivity contribution < 1.29 is 4.92 Å². The molecular weight excluding hydrogens is 381 g/mol. The van der Waals surface area contributed by atoms with E-state index in [1.807, 2.05) is 12.1 Å². The SMILES string of the molecule is CCCN(CC1CCCNC1)c1ccc(I)cc1[N+](=O)[O-]. The summed E-state index contributed by atoms with van der Waals surface area (Å²) in [7, 11) is 0. The summed E-state index contributed by atoms with van der Waals surface area (Å²) in [6, 6.07) is 5.51. The Balaban J connectivity index is 2.22. The van der Waals surface area contributed by atoms with Crippen LogP contribution in [0.2, 0.25) is 0 Å². The molecule has 21 heavy (non-hydrogen) atoms. The van der Waals surface area contributed by atoms with Crippen LogP contribution in [0.25, 0.3) is 0 Å². The van der Waals surface area contributed by atoms with E-state index in [0.29, 0.717) is 5.92 Å². The van der Waals surface area contributed by atoms with Gasteiger partial charge in [-0.05, 0) is 73.0 Å². The molecule has 1 aliphatic rings. The van der Waals surface area contributed by atoms with Crippen molar-refractivity contribution in [3.05, 3.63) is 31.9 Å². The lowest BCUT2D eigenvalue weighted by Gasteiger charge is -2.31. The summed E-state index contributed by atoms with van der Waals surface area (Å²) in [5, 5.41) is 14.8. The van der Waals surface area contributed by atoms with E-state index in [1.165, 1.54) is 12.8 Å². The Kier molecular flexibility index (Phi) is 6.22. The Hall–Kier alpha value is -0.890. The van der Waals surface area contributed by atoms with Gasteiger partial charge in [0.2, 0.25) is 0 Å². The second-order valence-electron chi connectivity index (χ2n) is 5.55. The fourth-order valence-electron chi connectivity index (χ4n) is 2.88. The third-order valence-corrected chi connectivity index (χ3v) is 4.52. The highest BCUT2D eigenvalue weighted by Gasteiger charge is 2.23. The monoisotopic (exact) mass is 403 g/mol. The largest absolute Gasteiger partial charge is 0.366 e. The molecule has 1 aliphatic heterocycles. The highest BCUT2D eigenvalue weighted by molar-refractivity contribution is 14.1. The number of nitro benzene ring substituents is 1. The summed E-state index contributed by atoms with van der Waals surface area (Å²) in [6.45, 7) is 5.97. The third kappa shape index (κ3) is 4.54. The van der Waals surface area contributed by atoms with Crippen LogP contribution < -0.4 is 10.2 Å². The molecule has 0 aliphatic carbocycles. The van der Waals surface area contributed by atoms with Crippen LogP contribution >= 0.6 is 22.6 Å². The minimum atomic E-state index is -0.265. The first-order valence-corrected chi connectivity index (χ1v) is 8.59. The van der Waals surface area contributed by atoms with Gasteiger partial charge in [0.25, 0.3) is 5.69 Å². The highest BCUT2D eigenvalue weighted by Crippen LogP contribution is 2.31. The molecule has 1 unspecified atom stereocenters. The van der Waals surface area contributed by atoms with Crippen molar-refractivity contribution >= 4 is 34.0 Å². The van der Waals surface area contributed by atoms with Gasteiger partial charge >= 0.3 is 0 Å². The molecule has 1 aromatic carbocycles. The zero-order valence-electron chi connectivity index (χ0n) is 12.3. The molecule has 1 saturated heterocycles. The van der Waals surface area contributed by atoms with Crippen LogP contribution in [-0.2, 0) is 0 Å². The lowest BCUT2D eigenvalue weighted by Crippen LogP contribution is -2.39.